The highest BCUT2D eigenvalue weighted by Crippen LogP contribution is 2.30. The Hall–Kier alpha value is -1.15. The normalized spacial score (nSPS) is 10.8. The molecule has 0 aromatic carbocycles. The Balaban J connectivity index is 2.38. The molecule has 0 bridgehead atoms. The van der Waals surface area contributed by atoms with E-state index in [4.69, 9.17) is 4.18 Å². The van der Waals surface area contributed by atoms with Crippen molar-refractivity contribution >= 4 is 11.2 Å². The van der Waals surface area contributed by atoms with Gasteiger partial charge in [0, 0.05) is 0 Å². The van der Waals surface area contributed by atoms with Gasteiger partial charge in [-0.1, -0.05) is 30.3 Å². The molecule has 0 saturated carbocycles. The largest absolute Gasteiger partial charge is 0.287 e. The quantitative estimate of drug-likeness (QED) is 0.685. The molecule has 14 heavy (non-hydrogen) atoms. The fraction of sp³-hybridized carbons (Fsp3) is 0.167. The Morgan fingerprint density at radius 1 is 0.929 bits per heavy atom. The Labute approximate surface area is 87.6 Å². The molecule has 0 aromatic rings. The predicted molar refractivity (Wildman–Crippen MR) is 62.9 cm³/mol. The molecule has 0 amide bonds. The molecule has 2 aliphatic rings. The first kappa shape index (κ1) is 9.41. The number of hydrogen-bond donors (Lipinski definition) is 0. The SMILES string of the molecule is C[S+](C)Oc1cc2cccccc-2c1. The summed E-state index contributed by atoms with van der Waals surface area (Å²) in [5.41, 5.74) is 2.46. The van der Waals surface area contributed by atoms with Gasteiger partial charge in [0.15, 0.2) is 16.9 Å². The molecular weight excluding hydrogens is 192 g/mol. The summed E-state index contributed by atoms with van der Waals surface area (Å²) < 4.78 is 5.66. The molecule has 0 N–H and O–H groups in total. The van der Waals surface area contributed by atoms with Crippen molar-refractivity contribution in [2.75, 3.05) is 12.5 Å². The van der Waals surface area contributed by atoms with Gasteiger partial charge in [0.1, 0.15) is 12.5 Å². The zero-order valence-electron chi connectivity index (χ0n) is 8.36. The van der Waals surface area contributed by atoms with Gasteiger partial charge in [0.05, 0.1) is 0 Å². The third-order valence-electron chi connectivity index (χ3n) is 1.97. The summed E-state index contributed by atoms with van der Waals surface area (Å²) in [5.74, 6) is 0.972. The molecule has 0 spiro atoms. The molecule has 0 heterocycles. The first-order valence-corrected chi connectivity index (χ1v) is 6.47. The molecule has 2 heteroatoms. The Morgan fingerprint density at radius 3 is 2.00 bits per heavy atom. The van der Waals surface area contributed by atoms with Gasteiger partial charge in [-0.2, -0.15) is 0 Å². The zero-order chi connectivity index (χ0) is 9.97. The lowest BCUT2D eigenvalue weighted by atomic mass is 10.2. The van der Waals surface area contributed by atoms with E-state index in [2.05, 4.69) is 36.8 Å². The van der Waals surface area contributed by atoms with Crippen LogP contribution in [-0.2, 0) is 11.2 Å². The standard InChI is InChI=1S/C12H13OS/c1-14(2)13-12-8-10-6-4-3-5-7-11(10)9-12/h3-9H,1-2H3/q+1. The molecule has 1 nitrogen and oxygen atoms in total. The molecule has 2 rings (SSSR count). The number of hydrogen-bond acceptors (Lipinski definition) is 1. The molecule has 2 aliphatic carbocycles. The summed E-state index contributed by atoms with van der Waals surface area (Å²) in [5, 5.41) is 0. The topological polar surface area (TPSA) is 9.23 Å². The van der Waals surface area contributed by atoms with Crippen LogP contribution in [0.2, 0.25) is 0 Å². The summed E-state index contributed by atoms with van der Waals surface area (Å²) in [6.07, 6.45) is 4.13. The van der Waals surface area contributed by atoms with Gasteiger partial charge in [-0.25, -0.2) is 0 Å². The molecular formula is C12H13OS+. The fourth-order valence-electron chi connectivity index (χ4n) is 1.43. The minimum Gasteiger partial charge on any atom is -0.287 e. The van der Waals surface area contributed by atoms with E-state index >= 15 is 0 Å². The lowest BCUT2D eigenvalue weighted by molar-refractivity contribution is 0.638. The molecule has 0 aliphatic heterocycles. The van der Waals surface area contributed by atoms with Gasteiger partial charge in [0.25, 0.3) is 0 Å². The first-order chi connectivity index (χ1) is 6.75. The van der Waals surface area contributed by atoms with Crippen molar-refractivity contribution in [3.63, 3.8) is 0 Å². The average molecular weight is 205 g/mol. The molecule has 0 radical (unpaired) electrons. The van der Waals surface area contributed by atoms with Crippen LogP contribution >= 0.6 is 0 Å². The Bertz CT molecular complexity index is 367. The van der Waals surface area contributed by atoms with Crippen molar-refractivity contribution < 1.29 is 4.18 Å². The van der Waals surface area contributed by atoms with Crippen molar-refractivity contribution in [1.29, 1.82) is 0 Å². The van der Waals surface area contributed by atoms with Gasteiger partial charge >= 0.3 is 0 Å². The number of fused-ring (bicyclic) bond motifs is 1. The van der Waals surface area contributed by atoms with Crippen molar-refractivity contribution in [1.82, 2.24) is 0 Å². The highest BCUT2D eigenvalue weighted by Gasteiger charge is 2.11. The van der Waals surface area contributed by atoms with E-state index in [-0.39, 0.29) is 11.2 Å². The molecule has 0 atom stereocenters. The second-order valence-corrected chi connectivity index (χ2v) is 4.99. The van der Waals surface area contributed by atoms with E-state index in [1.807, 2.05) is 18.2 Å². The Kier molecular flexibility index (Phi) is 2.64. The summed E-state index contributed by atoms with van der Waals surface area (Å²) in [6.45, 7) is 0. The molecule has 0 fully saturated rings. The van der Waals surface area contributed by atoms with Crippen LogP contribution in [0.1, 0.15) is 0 Å². The van der Waals surface area contributed by atoms with Gasteiger partial charge < -0.3 is 0 Å². The highest BCUT2D eigenvalue weighted by molar-refractivity contribution is 7.91. The van der Waals surface area contributed by atoms with Gasteiger partial charge in [-0.15, -0.1) is 0 Å². The van der Waals surface area contributed by atoms with E-state index in [0.29, 0.717) is 0 Å². The van der Waals surface area contributed by atoms with Gasteiger partial charge in [-0.05, 0) is 23.3 Å². The minimum atomic E-state index is -0.00538. The monoisotopic (exact) mass is 205 g/mol. The zero-order valence-corrected chi connectivity index (χ0v) is 9.17. The maximum atomic E-state index is 5.66. The van der Waals surface area contributed by atoms with Crippen LogP contribution in [-0.4, -0.2) is 12.5 Å². The summed E-state index contributed by atoms with van der Waals surface area (Å²) in [4.78, 5) is 0. The maximum absolute atomic E-state index is 5.66. The van der Waals surface area contributed by atoms with Crippen LogP contribution < -0.4 is 4.18 Å². The van der Waals surface area contributed by atoms with E-state index in [1.54, 1.807) is 0 Å². The van der Waals surface area contributed by atoms with Crippen LogP contribution in [0.15, 0.2) is 42.5 Å². The minimum absolute atomic E-state index is 0.00538. The maximum Gasteiger partial charge on any atom is 0.191 e. The lowest BCUT2D eigenvalue weighted by Gasteiger charge is -1.92. The van der Waals surface area contributed by atoms with Crippen molar-refractivity contribution in [2.45, 2.75) is 0 Å². The van der Waals surface area contributed by atoms with E-state index in [9.17, 15) is 0 Å². The third kappa shape index (κ3) is 2.02. The van der Waals surface area contributed by atoms with Gasteiger partial charge in [-0.3, -0.25) is 4.18 Å². The number of rotatable bonds is 2. The molecule has 0 aromatic heterocycles. The summed E-state index contributed by atoms with van der Waals surface area (Å²) >= 11 is -0.00538. The Morgan fingerprint density at radius 2 is 1.50 bits per heavy atom. The van der Waals surface area contributed by atoms with Gasteiger partial charge in [0.2, 0.25) is 0 Å². The van der Waals surface area contributed by atoms with Crippen LogP contribution in [0.5, 0.6) is 5.75 Å². The second-order valence-electron chi connectivity index (χ2n) is 3.34. The van der Waals surface area contributed by atoms with Crippen molar-refractivity contribution in [3.05, 3.63) is 42.5 Å². The van der Waals surface area contributed by atoms with E-state index in [0.717, 1.165) is 5.75 Å². The summed E-state index contributed by atoms with van der Waals surface area (Å²) in [6, 6.07) is 14.5. The molecule has 72 valence electrons. The van der Waals surface area contributed by atoms with Crippen molar-refractivity contribution in [2.24, 2.45) is 0 Å². The predicted octanol–water partition coefficient (Wildman–Crippen LogP) is 2.96. The van der Waals surface area contributed by atoms with Crippen molar-refractivity contribution in [3.8, 4) is 16.9 Å². The van der Waals surface area contributed by atoms with Crippen LogP contribution in [0.25, 0.3) is 11.1 Å². The van der Waals surface area contributed by atoms with E-state index in [1.165, 1.54) is 11.1 Å². The van der Waals surface area contributed by atoms with Crippen LogP contribution in [0, 0.1) is 0 Å². The average Bonchev–Trinajstić information content (AvgIpc) is 2.34. The smallest absolute Gasteiger partial charge is 0.191 e. The van der Waals surface area contributed by atoms with E-state index < -0.39 is 0 Å². The highest BCUT2D eigenvalue weighted by atomic mass is 32.2. The molecule has 0 unspecified atom stereocenters. The lowest BCUT2D eigenvalue weighted by Crippen LogP contribution is -2.03. The third-order valence-corrected chi connectivity index (χ3v) is 2.49. The first-order valence-electron chi connectivity index (χ1n) is 4.50. The fourth-order valence-corrected chi connectivity index (χ4v) is 1.91. The molecule has 0 saturated heterocycles. The van der Waals surface area contributed by atoms with Crippen LogP contribution in [0.3, 0.4) is 0 Å². The van der Waals surface area contributed by atoms with Crippen LogP contribution in [0.4, 0.5) is 0 Å². The second kappa shape index (κ2) is 3.93. The summed E-state index contributed by atoms with van der Waals surface area (Å²) in [7, 11) is 0.